The first kappa shape index (κ1) is 21.0. The molecule has 166 valence electrons. The van der Waals surface area contributed by atoms with Crippen LogP contribution in [0.4, 0.5) is 4.79 Å². The average Bonchev–Trinajstić information content (AvgIpc) is 3.50. The number of aryl methyl sites for hydroxylation is 1. The number of furan rings is 1. The van der Waals surface area contributed by atoms with Crippen LogP contribution in [0.1, 0.15) is 35.7 Å². The molecule has 8 heteroatoms. The lowest BCUT2D eigenvalue weighted by molar-refractivity contribution is 0.199. The lowest BCUT2D eigenvalue weighted by Crippen LogP contribution is -2.45. The summed E-state index contributed by atoms with van der Waals surface area (Å²) < 4.78 is 11.2. The summed E-state index contributed by atoms with van der Waals surface area (Å²) in [5, 5.41) is 7.88. The molecule has 0 saturated heterocycles. The Kier molecular flexibility index (Phi) is 5.48. The molecule has 2 amide bonds. The SMILES string of the molecule is CC1=C(c2nc(-c3ccc(C)cc3)no2)C(c2ccc(Cl)cc2)NC(=O)N1Cc1ccco1. The van der Waals surface area contributed by atoms with Gasteiger partial charge in [0.15, 0.2) is 0 Å². The largest absolute Gasteiger partial charge is 0.467 e. The van der Waals surface area contributed by atoms with Gasteiger partial charge in [0.2, 0.25) is 5.82 Å². The van der Waals surface area contributed by atoms with E-state index in [1.54, 1.807) is 29.4 Å². The van der Waals surface area contributed by atoms with Crippen LogP contribution in [-0.4, -0.2) is 21.1 Å². The molecule has 5 rings (SSSR count). The molecule has 0 fully saturated rings. The minimum absolute atomic E-state index is 0.245. The smallest absolute Gasteiger partial charge is 0.322 e. The highest BCUT2D eigenvalue weighted by Crippen LogP contribution is 2.38. The van der Waals surface area contributed by atoms with Crippen molar-refractivity contribution in [3.8, 4) is 11.4 Å². The van der Waals surface area contributed by atoms with Crippen molar-refractivity contribution in [3.63, 3.8) is 0 Å². The molecule has 3 heterocycles. The van der Waals surface area contributed by atoms with E-state index in [1.165, 1.54) is 0 Å². The molecule has 0 saturated carbocycles. The molecule has 0 bridgehead atoms. The molecular weight excluding hydrogens is 440 g/mol. The standard InChI is InChI=1S/C25H21ClN4O3/c1-15-5-7-18(8-6-15)23-28-24(33-29-23)21-16(2)30(14-20-4-3-13-32-20)25(31)27-22(21)17-9-11-19(26)12-10-17/h3-13,22H,14H2,1-2H3,(H,27,31). The molecule has 1 atom stereocenters. The molecule has 0 spiro atoms. The quantitative estimate of drug-likeness (QED) is 0.395. The van der Waals surface area contributed by atoms with Crippen LogP contribution in [0.25, 0.3) is 17.0 Å². The highest BCUT2D eigenvalue weighted by atomic mass is 35.5. The van der Waals surface area contributed by atoms with Crippen LogP contribution in [0.3, 0.4) is 0 Å². The molecule has 33 heavy (non-hydrogen) atoms. The van der Waals surface area contributed by atoms with Gasteiger partial charge in [0, 0.05) is 16.3 Å². The van der Waals surface area contributed by atoms with Crippen LogP contribution in [0, 0.1) is 6.92 Å². The summed E-state index contributed by atoms with van der Waals surface area (Å²) in [6.07, 6.45) is 1.58. The van der Waals surface area contributed by atoms with Crippen molar-refractivity contribution >= 4 is 23.2 Å². The number of urea groups is 1. The minimum atomic E-state index is -0.478. The second kappa shape index (κ2) is 8.60. The minimum Gasteiger partial charge on any atom is -0.467 e. The molecule has 7 nitrogen and oxygen atoms in total. The normalized spacial score (nSPS) is 16.3. The van der Waals surface area contributed by atoms with E-state index in [2.05, 4.69) is 15.5 Å². The number of rotatable bonds is 5. The monoisotopic (exact) mass is 460 g/mol. The van der Waals surface area contributed by atoms with Crippen molar-refractivity contribution in [2.24, 2.45) is 0 Å². The molecule has 1 aliphatic rings. The third kappa shape index (κ3) is 4.15. The number of halogens is 1. The number of allylic oxidation sites excluding steroid dienone is 1. The van der Waals surface area contributed by atoms with Crippen molar-refractivity contribution < 1.29 is 13.7 Å². The maximum Gasteiger partial charge on any atom is 0.322 e. The lowest BCUT2D eigenvalue weighted by atomic mass is 9.94. The molecule has 0 radical (unpaired) electrons. The third-order valence-electron chi connectivity index (χ3n) is 5.66. The molecular formula is C25H21ClN4O3. The van der Waals surface area contributed by atoms with E-state index in [9.17, 15) is 4.79 Å². The van der Waals surface area contributed by atoms with Gasteiger partial charge in [-0.1, -0.05) is 58.7 Å². The van der Waals surface area contributed by atoms with Crippen molar-refractivity contribution in [3.05, 3.63) is 100 Å². The van der Waals surface area contributed by atoms with Crippen LogP contribution in [0.2, 0.25) is 5.02 Å². The van der Waals surface area contributed by atoms with E-state index in [0.717, 1.165) is 16.7 Å². The van der Waals surface area contributed by atoms with Gasteiger partial charge in [-0.2, -0.15) is 4.98 Å². The number of carbonyl (C=O) groups is 1. The van der Waals surface area contributed by atoms with Crippen molar-refractivity contribution in [2.75, 3.05) is 0 Å². The highest BCUT2D eigenvalue weighted by Gasteiger charge is 2.36. The Hall–Kier alpha value is -3.84. The van der Waals surface area contributed by atoms with Gasteiger partial charge in [0.25, 0.3) is 5.89 Å². The molecule has 1 unspecified atom stereocenters. The molecule has 4 aromatic rings. The summed E-state index contributed by atoms with van der Waals surface area (Å²) in [6.45, 7) is 4.17. The Morgan fingerprint density at radius 2 is 1.82 bits per heavy atom. The van der Waals surface area contributed by atoms with Crippen molar-refractivity contribution in [2.45, 2.75) is 26.4 Å². The van der Waals surface area contributed by atoms with Gasteiger partial charge in [-0.25, -0.2) is 4.79 Å². The molecule has 1 aliphatic heterocycles. The molecule has 2 aromatic carbocycles. The van der Waals surface area contributed by atoms with Crippen molar-refractivity contribution in [1.29, 1.82) is 0 Å². The molecule has 2 aromatic heterocycles. The predicted molar refractivity (Wildman–Crippen MR) is 124 cm³/mol. The van der Waals surface area contributed by atoms with E-state index in [1.807, 2.05) is 56.3 Å². The maximum absolute atomic E-state index is 13.1. The number of hydrogen-bond acceptors (Lipinski definition) is 5. The Morgan fingerprint density at radius 1 is 1.06 bits per heavy atom. The van der Waals surface area contributed by atoms with Gasteiger partial charge < -0.3 is 14.3 Å². The third-order valence-corrected chi connectivity index (χ3v) is 5.91. The zero-order valence-electron chi connectivity index (χ0n) is 18.1. The Morgan fingerprint density at radius 3 is 2.52 bits per heavy atom. The number of carbonyl (C=O) groups excluding carboxylic acids is 1. The maximum atomic E-state index is 13.1. The van der Waals surface area contributed by atoms with Gasteiger partial charge >= 0.3 is 6.03 Å². The molecule has 1 N–H and O–H groups in total. The first-order valence-corrected chi connectivity index (χ1v) is 10.8. The van der Waals surface area contributed by atoms with Crippen LogP contribution in [0.5, 0.6) is 0 Å². The van der Waals surface area contributed by atoms with E-state index in [4.69, 9.17) is 20.5 Å². The van der Waals surface area contributed by atoms with Gasteiger partial charge in [0.05, 0.1) is 24.4 Å². The Labute approximate surface area is 195 Å². The number of nitrogens with one attached hydrogen (secondary N) is 1. The zero-order chi connectivity index (χ0) is 22.9. The van der Waals surface area contributed by atoms with Crippen LogP contribution in [-0.2, 0) is 6.54 Å². The number of nitrogens with zero attached hydrogens (tertiary/aromatic N) is 3. The summed E-state index contributed by atoms with van der Waals surface area (Å²) >= 11 is 6.09. The number of aromatic nitrogens is 2. The first-order valence-electron chi connectivity index (χ1n) is 10.5. The van der Waals surface area contributed by atoms with E-state index in [-0.39, 0.29) is 12.6 Å². The van der Waals surface area contributed by atoms with Crippen LogP contribution in [0.15, 0.2) is 81.6 Å². The topological polar surface area (TPSA) is 84.4 Å². The molecule has 0 aliphatic carbocycles. The van der Waals surface area contributed by atoms with Crippen LogP contribution < -0.4 is 5.32 Å². The van der Waals surface area contributed by atoms with E-state index >= 15 is 0 Å². The number of hydrogen-bond donors (Lipinski definition) is 1. The summed E-state index contributed by atoms with van der Waals surface area (Å²) in [5.41, 5.74) is 4.27. The summed E-state index contributed by atoms with van der Waals surface area (Å²) in [4.78, 5) is 19.3. The number of amides is 2. The second-order valence-corrected chi connectivity index (χ2v) is 8.32. The van der Waals surface area contributed by atoms with Gasteiger partial charge in [0.1, 0.15) is 5.76 Å². The average molecular weight is 461 g/mol. The highest BCUT2D eigenvalue weighted by molar-refractivity contribution is 6.30. The van der Waals surface area contributed by atoms with Gasteiger partial charge in [-0.3, -0.25) is 4.90 Å². The fourth-order valence-electron chi connectivity index (χ4n) is 3.87. The second-order valence-electron chi connectivity index (χ2n) is 7.89. The zero-order valence-corrected chi connectivity index (χ0v) is 18.8. The van der Waals surface area contributed by atoms with E-state index in [0.29, 0.717) is 33.8 Å². The Balaban J connectivity index is 1.59. The van der Waals surface area contributed by atoms with Gasteiger partial charge in [-0.15, -0.1) is 0 Å². The fourth-order valence-corrected chi connectivity index (χ4v) is 3.99. The number of benzene rings is 2. The van der Waals surface area contributed by atoms with Crippen molar-refractivity contribution in [1.82, 2.24) is 20.4 Å². The summed E-state index contributed by atoms with van der Waals surface area (Å²) in [6, 6.07) is 18.1. The van der Waals surface area contributed by atoms with Gasteiger partial charge in [-0.05, 0) is 43.7 Å². The van der Waals surface area contributed by atoms with Crippen LogP contribution >= 0.6 is 11.6 Å². The van der Waals surface area contributed by atoms with E-state index < -0.39 is 6.04 Å². The Bertz CT molecular complexity index is 1310. The first-order chi connectivity index (χ1) is 16.0. The summed E-state index contributed by atoms with van der Waals surface area (Å²) in [7, 11) is 0. The summed E-state index contributed by atoms with van der Waals surface area (Å²) in [5.74, 6) is 1.49. The predicted octanol–water partition coefficient (Wildman–Crippen LogP) is 5.99. The fraction of sp³-hybridized carbons (Fsp3) is 0.160. The lowest BCUT2D eigenvalue weighted by Gasteiger charge is -2.34.